The topological polar surface area (TPSA) is 46.9 Å². The van der Waals surface area contributed by atoms with E-state index in [1.54, 1.807) is 0 Å². The molecule has 0 bridgehead atoms. The quantitative estimate of drug-likeness (QED) is 0.785. The molecule has 4 heteroatoms. The van der Waals surface area contributed by atoms with Gasteiger partial charge in [0.2, 0.25) is 5.91 Å². The van der Waals surface area contributed by atoms with E-state index in [0.717, 1.165) is 34.4 Å². The number of rotatable bonds is 2. The summed E-state index contributed by atoms with van der Waals surface area (Å²) in [4.78, 5) is 15.9. The zero-order chi connectivity index (χ0) is 15.8. The Bertz CT molecular complexity index is 919. The first-order valence-corrected chi connectivity index (χ1v) is 7.75. The SMILES string of the molecule is CC1=C(c2ccc(-n3cnc4ccccc43)cc2)CCC(=O)N1. The van der Waals surface area contributed by atoms with E-state index in [0.29, 0.717) is 6.42 Å². The van der Waals surface area contributed by atoms with Crippen LogP contribution in [0.2, 0.25) is 0 Å². The molecule has 1 aliphatic heterocycles. The third-order valence-electron chi connectivity index (χ3n) is 4.33. The Labute approximate surface area is 134 Å². The normalized spacial score (nSPS) is 15.1. The summed E-state index contributed by atoms with van der Waals surface area (Å²) in [7, 11) is 0. The fourth-order valence-electron chi connectivity index (χ4n) is 3.12. The van der Waals surface area contributed by atoms with Crippen molar-refractivity contribution in [3.63, 3.8) is 0 Å². The number of imidazole rings is 1. The number of hydrogen-bond donors (Lipinski definition) is 1. The van der Waals surface area contributed by atoms with Crippen LogP contribution in [0.3, 0.4) is 0 Å². The van der Waals surface area contributed by atoms with Crippen LogP contribution in [0.5, 0.6) is 0 Å². The molecule has 1 amide bonds. The molecule has 114 valence electrons. The van der Waals surface area contributed by atoms with Gasteiger partial charge in [-0.05, 0) is 48.7 Å². The molecule has 4 rings (SSSR count). The minimum Gasteiger partial charge on any atom is -0.330 e. The smallest absolute Gasteiger partial charge is 0.224 e. The largest absolute Gasteiger partial charge is 0.330 e. The molecule has 23 heavy (non-hydrogen) atoms. The van der Waals surface area contributed by atoms with Crippen molar-refractivity contribution in [3.05, 3.63) is 66.1 Å². The number of allylic oxidation sites excluding steroid dienone is 2. The van der Waals surface area contributed by atoms with Crippen molar-refractivity contribution in [2.24, 2.45) is 0 Å². The number of nitrogens with one attached hydrogen (secondary N) is 1. The van der Waals surface area contributed by atoms with E-state index in [2.05, 4.69) is 45.2 Å². The van der Waals surface area contributed by atoms with Crippen LogP contribution in [0.25, 0.3) is 22.3 Å². The zero-order valence-electron chi connectivity index (χ0n) is 12.9. The van der Waals surface area contributed by atoms with Gasteiger partial charge in [0.1, 0.15) is 6.33 Å². The number of hydrogen-bond acceptors (Lipinski definition) is 2. The second-order valence-electron chi connectivity index (χ2n) is 5.80. The van der Waals surface area contributed by atoms with Gasteiger partial charge in [0.25, 0.3) is 0 Å². The Hall–Kier alpha value is -2.88. The fraction of sp³-hybridized carbons (Fsp3) is 0.158. The average molecular weight is 303 g/mol. The van der Waals surface area contributed by atoms with Crippen LogP contribution < -0.4 is 5.32 Å². The first kappa shape index (κ1) is 13.8. The van der Waals surface area contributed by atoms with Gasteiger partial charge >= 0.3 is 0 Å². The van der Waals surface area contributed by atoms with Gasteiger partial charge in [0.05, 0.1) is 11.0 Å². The molecule has 0 unspecified atom stereocenters. The second-order valence-corrected chi connectivity index (χ2v) is 5.80. The van der Waals surface area contributed by atoms with Crippen LogP contribution in [-0.2, 0) is 4.79 Å². The Kier molecular flexibility index (Phi) is 3.23. The highest BCUT2D eigenvalue weighted by atomic mass is 16.1. The molecule has 2 heterocycles. The van der Waals surface area contributed by atoms with Gasteiger partial charge < -0.3 is 5.32 Å². The van der Waals surface area contributed by atoms with Crippen LogP contribution >= 0.6 is 0 Å². The summed E-state index contributed by atoms with van der Waals surface area (Å²) in [5, 5.41) is 2.92. The molecule has 2 aromatic carbocycles. The van der Waals surface area contributed by atoms with Crippen molar-refractivity contribution >= 4 is 22.5 Å². The fourth-order valence-corrected chi connectivity index (χ4v) is 3.12. The Morgan fingerprint density at radius 3 is 2.61 bits per heavy atom. The maximum Gasteiger partial charge on any atom is 0.224 e. The predicted octanol–water partition coefficient (Wildman–Crippen LogP) is 3.67. The third-order valence-corrected chi connectivity index (χ3v) is 4.33. The molecule has 0 radical (unpaired) electrons. The number of fused-ring (bicyclic) bond motifs is 1. The molecule has 1 aromatic heterocycles. The summed E-state index contributed by atoms with van der Waals surface area (Å²) >= 11 is 0. The monoisotopic (exact) mass is 303 g/mol. The molecule has 3 aromatic rings. The number of carbonyl (C=O) groups excluding carboxylic acids is 1. The number of carbonyl (C=O) groups is 1. The second kappa shape index (κ2) is 5.39. The van der Waals surface area contributed by atoms with E-state index < -0.39 is 0 Å². The summed E-state index contributed by atoms with van der Waals surface area (Å²) in [6, 6.07) is 16.5. The van der Waals surface area contributed by atoms with E-state index in [1.807, 2.05) is 31.5 Å². The summed E-state index contributed by atoms with van der Waals surface area (Å²) in [6.45, 7) is 1.96. The van der Waals surface area contributed by atoms with Crippen LogP contribution in [0, 0.1) is 0 Å². The van der Waals surface area contributed by atoms with E-state index >= 15 is 0 Å². The molecule has 0 spiro atoms. The highest BCUT2D eigenvalue weighted by Gasteiger charge is 2.16. The van der Waals surface area contributed by atoms with Crippen molar-refractivity contribution in [1.82, 2.24) is 14.9 Å². The molecule has 0 saturated carbocycles. The first-order chi connectivity index (χ1) is 11.2. The molecule has 1 aliphatic rings. The lowest BCUT2D eigenvalue weighted by atomic mass is 9.96. The van der Waals surface area contributed by atoms with Crippen LogP contribution in [0.4, 0.5) is 0 Å². The first-order valence-electron chi connectivity index (χ1n) is 7.75. The molecule has 1 N–H and O–H groups in total. The van der Waals surface area contributed by atoms with Crippen molar-refractivity contribution in [2.75, 3.05) is 0 Å². The number of benzene rings is 2. The van der Waals surface area contributed by atoms with Gasteiger partial charge in [-0.2, -0.15) is 0 Å². The van der Waals surface area contributed by atoms with Gasteiger partial charge in [0.15, 0.2) is 0 Å². The Morgan fingerprint density at radius 1 is 1.04 bits per heavy atom. The lowest BCUT2D eigenvalue weighted by Crippen LogP contribution is -2.26. The zero-order valence-corrected chi connectivity index (χ0v) is 12.9. The van der Waals surface area contributed by atoms with Gasteiger partial charge in [-0.15, -0.1) is 0 Å². The van der Waals surface area contributed by atoms with Crippen molar-refractivity contribution in [2.45, 2.75) is 19.8 Å². The third kappa shape index (κ3) is 2.42. The van der Waals surface area contributed by atoms with Gasteiger partial charge in [-0.25, -0.2) is 4.98 Å². The number of nitrogens with zero attached hydrogens (tertiary/aromatic N) is 2. The Morgan fingerprint density at radius 2 is 1.83 bits per heavy atom. The molecular weight excluding hydrogens is 286 g/mol. The summed E-state index contributed by atoms with van der Waals surface area (Å²) in [6.07, 6.45) is 3.20. The van der Waals surface area contributed by atoms with Crippen LogP contribution in [0.1, 0.15) is 25.3 Å². The highest BCUT2D eigenvalue weighted by molar-refractivity contribution is 5.86. The molecule has 0 saturated heterocycles. The number of aromatic nitrogens is 2. The standard InChI is InChI=1S/C19H17N3O/c1-13-16(10-11-19(23)21-13)14-6-8-15(9-7-14)22-12-20-17-4-2-3-5-18(17)22/h2-9,12H,10-11H2,1H3,(H,21,23). The minimum absolute atomic E-state index is 0.104. The van der Waals surface area contributed by atoms with Gasteiger partial charge in [-0.3, -0.25) is 9.36 Å². The molecular formula is C19H17N3O. The van der Waals surface area contributed by atoms with Crippen molar-refractivity contribution in [1.29, 1.82) is 0 Å². The van der Waals surface area contributed by atoms with Crippen molar-refractivity contribution in [3.8, 4) is 5.69 Å². The maximum absolute atomic E-state index is 11.4. The van der Waals surface area contributed by atoms with Gasteiger partial charge in [-0.1, -0.05) is 24.3 Å². The maximum atomic E-state index is 11.4. The van der Waals surface area contributed by atoms with Crippen molar-refractivity contribution < 1.29 is 4.79 Å². The predicted molar refractivity (Wildman–Crippen MR) is 91.0 cm³/mol. The van der Waals surface area contributed by atoms with Crippen LogP contribution in [0.15, 0.2) is 60.6 Å². The number of amides is 1. The lowest BCUT2D eigenvalue weighted by Gasteiger charge is -2.19. The minimum atomic E-state index is 0.104. The highest BCUT2D eigenvalue weighted by Crippen LogP contribution is 2.27. The van der Waals surface area contributed by atoms with Gasteiger partial charge in [0, 0.05) is 17.8 Å². The average Bonchev–Trinajstić information content (AvgIpc) is 2.99. The molecule has 0 aliphatic carbocycles. The van der Waals surface area contributed by atoms with E-state index in [1.165, 1.54) is 5.57 Å². The number of para-hydroxylation sites is 2. The summed E-state index contributed by atoms with van der Waals surface area (Å²) in [5.74, 6) is 0.104. The van der Waals surface area contributed by atoms with E-state index in [-0.39, 0.29) is 5.91 Å². The Balaban J connectivity index is 1.71. The lowest BCUT2D eigenvalue weighted by molar-refractivity contribution is -0.120. The molecule has 0 atom stereocenters. The molecule has 0 fully saturated rings. The summed E-state index contributed by atoms with van der Waals surface area (Å²) < 4.78 is 2.09. The summed E-state index contributed by atoms with van der Waals surface area (Å²) in [5.41, 5.74) is 6.51. The van der Waals surface area contributed by atoms with Crippen LogP contribution in [-0.4, -0.2) is 15.5 Å². The molecule has 4 nitrogen and oxygen atoms in total. The van der Waals surface area contributed by atoms with E-state index in [9.17, 15) is 4.79 Å². The van der Waals surface area contributed by atoms with E-state index in [4.69, 9.17) is 0 Å².